The fraction of sp³-hybridized carbons (Fsp3) is 0.938. The Hall–Kier alpha value is -1.43. The topological polar surface area (TPSA) is 284 Å². The molecule has 18 heteroatoms. The average molecular weight is 941 g/mol. The van der Waals surface area contributed by atoms with Crippen LogP contribution in [0.1, 0.15) is 107 Å². The maximum absolute atomic E-state index is 13.8. The first-order valence-corrected chi connectivity index (χ1v) is 24.3. The molecule has 4 saturated heterocycles. The smallest absolute Gasteiger partial charge is 0.315 e. The fourth-order valence-electron chi connectivity index (χ4n) is 15.5. The van der Waals surface area contributed by atoms with E-state index in [1.807, 2.05) is 0 Å². The predicted octanol–water partition coefficient (Wildman–Crippen LogP) is 0.155. The van der Waals surface area contributed by atoms with E-state index in [0.29, 0.717) is 19.3 Å². The molecule has 0 aromatic carbocycles. The van der Waals surface area contributed by atoms with Crippen molar-refractivity contribution < 1.29 is 89.0 Å². The first-order valence-electron chi connectivity index (χ1n) is 24.3. The molecule has 8 fully saturated rings. The van der Waals surface area contributed by atoms with Crippen LogP contribution in [-0.2, 0) is 38.0 Å². The first-order chi connectivity index (χ1) is 30.8. The molecule has 0 aromatic rings. The van der Waals surface area contributed by atoms with Gasteiger partial charge < -0.3 is 84.2 Å². The van der Waals surface area contributed by atoms with E-state index in [0.717, 1.165) is 32.1 Å². The van der Waals surface area contributed by atoms with E-state index in [4.69, 9.17) is 33.2 Å². The van der Waals surface area contributed by atoms with Crippen LogP contribution in [0.25, 0.3) is 0 Å². The van der Waals surface area contributed by atoms with E-state index in [9.17, 15) is 55.9 Å². The lowest BCUT2D eigenvalue weighted by atomic mass is 9.33. The standard InChI is InChI=1S/C48H76O18/c1-20-30(51)33(54)36(57)39(61-20)60-19-24-32(53)35(56)38(66-40-37(58)34(55)31(52)23(18-49)62-40)41(63-24)64-28-12-13-45(6)25(44(28,4)5)11-14-46(7)26(45)10-9-21-22-15-43(2,3)29-17-48(22,42(59)65-29)27(50)16-47(21,46)8/h9,20,22-41,49-58H,10-19H2,1-8H3/t20-,22+,23-,24-,25?,26?,27-,28+,29+,30+,31-,32-,33+,34+,35+,36-,37-,38-,39-,40+,41+,45+,46-,47-,48-/m1/s1. The highest BCUT2D eigenvalue weighted by Gasteiger charge is 2.74. The molecule has 0 aromatic heterocycles. The molecule has 4 aliphatic heterocycles. The van der Waals surface area contributed by atoms with Gasteiger partial charge in [-0.05, 0) is 91.3 Å². The molecule has 0 radical (unpaired) electrons. The van der Waals surface area contributed by atoms with Crippen molar-refractivity contribution in [1.29, 1.82) is 0 Å². The van der Waals surface area contributed by atoms with E-state index in [2.05, 4.69) is 54.5 Å². The summed E-state index contributed by atoms with van der Waals surface area (Å²) in [4.78, 5) is 13.8. The number of fused-ring (bicyclic) bond motifs is 7. The maximum Gasteiger partial charge on any atom is 0.315 e. The summed E-state index contributed by atoms with van der Waals surface area (Å²) in [6.45, 7) is 16.1. The van der Waals surface area contributed by atoms with Gasteiger partial charge in [0.1, 0.15) is 78.7 Å². The Morgan fingerprint density at radius 2 is 1.33 bits per heavy atom. The summed E-state index contributed by atoms with van der Waals surface area (Å²) in [6, 6.07) is 0. The Morgan fingerprint density at radius 3 is 2.03 bits per heavy atom. The van der Waals surface area contributed by atoms with Crippen LogP contribution < -0.4 is 0 Å². The fourth-order valence-corrected chi connectivity index (χ4v) is 15.5. The van der Waals surface area contributed by atoms with Crippen molar-refractivity contribution in [3.05, 3.63) is 11.6 Å². The number of carbonyl (C=O) groups excluding carboxylic acids is 1. The molecule has 9 aliphatic rings. The van der Waals surface area contributed by atoms with Crippen LogP contribution >= 0.6 is 0 Å². The molecule has 376 valence electrons. The molecule has 5 aliphatic carbocycles. The molecular formula is C48H76O18. The number of hydrogen-bond acceptors (Lipinski definition) is 18. The van der Waals surface area contributed by atoms with Gasteiger partial charge in [-0.25, -0.2) is 0 Å². The Labute approximate surface area is 386 Å². The molecule has 18 nitrogen and oxygen atoms in total. The Bertz CT molecular complexity index is 1860. The lowest BCUT2D eigenvalue weighted by Crippen LogP contribution is -2.68. The minimum Gasteiger partial charge on any atom is -0.461 e. The van der Waals surface area contributed by atoms with Gasteiger partial charge in [0.25, 0.3) is 0 Å². The van der Waals surface area contributed by atoms with Crippen molar-refractivity contribution in [2.24, 2.45) is 50.2 Å². The molecule has 1 spiro atoms. The lowest BCUT2D eigenvalue weighted by Gasteiger charge is -2.71. The average Bonchev–Trinajstić information content (AvgIpc) is 3.58. The molecule has 9 rings (SSSR count). The molecule has 0 amide bonds. The number of aliphatic hydroxyl groups is 10. The highest BCUT2D eigenvalue weighted by atomic mass is 16.8. The van der Waals surface area contributed by atoms with Gasteiger partial charge in [0.2, 0.25) is 0 Å². The summed E-state index contributed by atoms with van der Waals surface area (Å²) >= 11 is 0. The highest BCUT2D eigenvalue weighted by molar-refractivity contribution is 5.82. The Kier molecular flexibility index (Phi) is 12.6. The van der Waals surface area contributed by atoms with Crippen LogP contribution in [-0.4, -0.2) is 181 Å². The second-order valence-corrected chi connectivity index (χ2v) is 23.7. The van der Waals surface area contributed by atoms with Crippen LogP contribution in [0.2, 0.25) is 0 Å². The molecule has 2 bridgehead atoms. The third kappa shape index (κ3) is 7.12. The molecule has 2 unspecified atom stereocenters. The van der Waals surface area contributed by atoms with Crippen molar-refractivity contribution >= 4 is 5.97 Å². The number of esters is 1. The van der Waals surface area contributed by atoms with Gasteiger partial charge in [-0.15, -0.1) is 0 Å². The molecule has 25 atom stereocenters. The first kappa shape index (κ1) is 49.5. The van der Waals surface area contributed by atoms with E-state index >= 15 is 0 Å². The van der Waals surface area contributed by atoms with Crippen molar-refractivity contribution in [2.75, 3.05) is 13.2 Å². The summed E-state index contributed by atoms with van der Waals surface area (Å²) < 4.78 is 42.5. The Balaban J connectivity index is 0.979. The van der Waals surface area contributed by atoms with Crippen LogP contribution in [0.3, 0.4) is 0 Å². The van der Waals surface area contributed by atoms with E-state index < -0.39 is 128 Å². The molecular weight excluding hydrogens is 865 g/mol. The van der Waals surface area contributed by atoms with Crippen molar-refractivity contribution in [1.82, 2.24) is 0 Å². The van der Waals surface area contributed by atoms with Gasteiger partial charge in [-0.1, -0.05) is 60.1 Å². The minimum atomic E-state index is -1.83. The molecule has 4 saturated carbocycles. The Morgan fingerprint density at radius 1 is 0.682 bits per heavy atom. The van der Waals surface area contributed by atoms with Crippen LogP contribution in [0.4, 0.5) is 0 Å². The summed E-state index contributed by atoms with van der Waals surface area (Å²) in [6.07, 6.45) is -16.5. The van der Waals surface area contributed by atoms with E-state index in [1.54, 1.807) is 0 Å². The van der Waals surface area contributed by atoms with Crippen molar-refractivity contribution in [2.45, 2.75) is 217 Å². The predicted molar refractivity (Wildman–Crippen MR) is 228 cm³/mol. The van der Waals surface area contributed by atoms with Crippen LogP contribution in [0.5, 0.6) is 0 Å². The summed E-state index contributed by atoms with van der Waals surface area (Å²) in [7, 11) is 0. The number of aliphatic hydroxyl groups excluding tert-OH is 10. The third-order valence-electron chi connectivity index (χ3n) is 19.7. The van der Waals surface area contributed by atoms with Gasteiger partial charge in [-0.2, -0.15) is 0 Å². The number of hydrogen-bond donors (Lipinski definition) is 10. The zero-order valence-electron chi connectivity index (χ0n) is 39.5. The van der Waals surface area contributed by atoms with Gasteiger partial charge in [-0.3, -0.25) is 4.79 Å². The second kappa shape index (κ2) is 16.8. The van der Waals surface area contributed by atoms with Gasteiger partial charge in [0, 0.05) is 11.8 Å². The molecule has 66 heavy (non-hydrogen) atoms. The third-order valence-corrected chi connectivity index (χ3v) is 19.7. The van der Waals surface area contributed by atoms with E-state index in [1.165, 1.54) is 12.5 Å². The minimum absolute atomic E-state index is 0.101. The molecule has 4 heterocycles. The SMILES string of the molecule is C[C@H]1O[C@@H](OC[C@H]2O[C@@H](O[C@H]3CC[C@@]4(C)C(CC[C@]5(C)C4CC=C4[C@@H]6CC(C)(C)[C@@H]7C[C@]6(C(=O)O7)[C@H](O)C[C@]45C)C3(C)C)[C@H](O[C@@H]3O[C@H](CO)[C@@H](O)[C@H](O)[C@H]3O)[C@@H](O)[C@@H]2O)[C@H](O)[C@@H](O)[C@H]1O. The molecule has 10 N–H and O–H groups in total. The maximum atomic E-state index is 13.8. The van der Waals surface area contributed by atoms with Gasteiger partial charge >= 0.3 is 5.97 Å². The highest BCUT2D eigenvalue weighted by Crippen LogP contribution is 2.76. The second-order valence-electron chi connectivity index (χ2n) is 23.7. The van der Waals surface area contributed by atoms with Crippen molar-refractivity contribution in [3.63, 3.8) is 0 Å². The van der Waals surface area contributed by atoms with Gasteiger partial charge in [0.05, 0.1) is 31.5 Å². The number of allylic oxidation sites excluding steroid dienone is 2. The normalized spacial score (nSPS) is 56.2. The monoisotopic (exact) mass is 941 g/mol. The zero-order valence-corrected chi connectivity index (χ0v) is 39.5. The lowest BCUT2D eigenvalue weighted by molar-refractivity contribution is -0.382. The van der Waals surface area contributed by atoms with Crippen LogP contribution in [0, 0.1) is 50.2 Å². The number of ether oxygens (including phenoxy) is 7. The summed E-state index contributed by atoms with van der Waals surface area (Å²) in [5, 5.41) is 109. The number of carbonyl (C=O) groups is 1. The largest absolute Gasteiger partial charge is 0.461 e. The summed E-state index contributed by atoms with van der Waals surface area (Å²) in [5.74, 6) is -0.00436. The quantitative estimate of drug-likeness (QED) is 0.0881. The van der Waals surface area contributed by atoms with Gasteiger partial charge in [0.15, 0.2) is 18.9 Å². The van der Waals surface area contributed by atoms with Crippen molar-refractivity contribution in [3.8, 4) is 0 Å². The number of rotatable bonds is 8. The zero-order chi connectivity index (χ0) is 48.0. The van der Waals surface area contributed by atoms with Crippen LogP contribution in [0.15, 0.2) is 11.6 Å². The van der Waals surface area contributed by atoms with E-state index in [-0.39, 0.29) is 51.5 Å². The summed E-state index contributed by atoms with van der Waals surface area (Å²) in [5.41, 5.74) is -1.11.